The van der Waals surface area contributed by atoms with E-state index in [4.69, 9.17) is 9.16 Å². The average Bonchev–Trinajstić information content (AvgIpc) is 3.04. The summed E-state index contributed by atoms with van der Waals surface area (Å²) >= 11 is 0. The van der Waals surface area contributed by atoms with Gasteiger partial charge in [0.25, 0.3) is 5.91 Å². The van der Waals surface area contributed by atoms with Gasteiger partial charge in [-0.1, -0.05) is 87.5 Å². The molecule has 0 spiro atoms. The predicted molar refractivity (Wildman–Crippen MR) is 188 cm³/mol. The van der Waals surface area contributed by atoms with Gasteiger partial charge in [-0.3, -0.25) is 4.79 Å². The Morgan fingerprint density at radius 1 is 0.848 bits per heavy atom. The van der Waals surface area contributed by atoms with Crippen molar-refractivity contribution in [3.63, 3.8) is 0 Å². The number of hydrogen-bond acceptors (Lipinski definition) is 5. The number of carboxylic acid groups (broad SMARTS) is 1. The number of hydrogen-bond donors (Lipinski definition) is 2. The molecule has 0 radical (unpaired) electrons. The summed E-state index contributed by atoms with van der Waals surface area (Å²) in [4.78, 5) is 28.4. The first-order chi connectivity index (χ1) is 21.9. The Hall–Kier alpha value is -4.40. The molecule has 4 aromatic carbocycles. The molecule has 5 rings (SSSR count). The van der Waals surface area contributed by atoms with E-state index in [2.05, 4.69) is 44.1 Å². The number of carboxylic acids is 1. The van der Waals surface area contributed by atoms with E-state index in [0.29, 0.717) is 17.9 Å². The lowest BCUT2D eigenvalue weighted by atomic mass is 10.0. The van der Waals surface area contributed by atoms with Crippen molar-refractivity contribution in [2.24, 2.45) is 0 Å². The zero-order chi connectivity index (χ0) is 32.9. The van der Waals surface area contributed by atoms with Crippen molar-refractivity contribution < 1.29 is 23.9 Å². The Bertz CT molecular complexity index is 1660. The van der Waals surface area contributed by atoms with Gasteiger partial charge in [-0.15, -0.1) is 0 Å². The molecule has 240 valence electrons. The number of piperidine rings is 1. The molecule has 0 aromatic heterocycles. The van der Waals surface area contributed by atoms with Crippen LogP contribution in [0.3, 0.4) is 0 Å². The molecular formula is C38H44N2O5Si. The van der Waals surface area contributed by atoms with Crippen molar-refractivity contribution in [3.8, 4) is 16.9 Å². The summed E-state index contributed by atoms with van der Waals surface area (Å²) in [6.07, 6.45) is 2.04. The molecule has 0 unspecified atom stereocenters. The number of carbonyl (C=O) groups is 2. The molecule has 1 aliphatic rings. The third-order valence-corrected chi connectivity index (χ3v) is 13.7. The number of ether oxygens (including phenoxy) is 1. The first-order valence-corrected chi connectivity index (χ1v) is 18.8. The fourth-order valence-corrected chi connectivity index (χ4v) is 6.84. The Balaban J connectivity index is 1.41. The molecule has 0 saturated carbocycles. The minimum absolute atomic E-state index is 0.0137. The van der Waals surface area contributed by atoms with E-state index in [-0.39, 0.29) is 22.4 Å². The standard InChI is InChI=1S/C38H44N2O5Si/c1-38(2,3)46(4,5)45-31-20-22-40(23-21-31)30-17-19-35(44-26-27-12-8-6-9-13-27)33(25-30)36(41)39-34-24-29(16-18-32(34)37(42)43)28-14-10-7-11-15-28/h6-19,24-25,31H,20-23,26H2,1-5H3,(H,39,41)(H,42,43). The minimum atomic E-state index is -1.87. The van der Waals surface area contributed by atoms with Crippen LogP contribution in [-0.2, 0) is 11.0 Å². The molecule has 0 aliphatic carbocycles. The lowest BCUT2D eigenvalue weighted by Gasteiger charge is -2.42. The lowest BCUT2D eigenvalue weighted by Crippen LogP contribution is -2.47. The van der Waals surface area contributed by atoms with E-state index >= 15 is 0 Å². The third-order valence-electron chi connectivity index (χ3n) is 9.12. The van der Waals surface area contributed by atoms with Crippen molar-refractivity contribution in [1.82, 2.24) is 0 Å². The molecule has 1 amide bonds. The van der Waals surface area contributed by atoms with Gasteiger partial charge in [-0.2, -0.15) is 0 Å². The van der Waals surface area contributed by atoms with Crippen molar-refractivity contribution >= 4 is 31.6 Å². The fraction of sp³-hybridized carbons (Fsp3) is 0.316. The third kappa shape index (κ3) is 7.87. The molecular weight excluding hydrogens is 593 g/mol. The first-order valence-electron chi connectivity index (χ1n) is 15.9. The quantitative estimate of drug-likeness (QED) is 0.169. The molecule has 4 aromatic rings. The summed E-state index contributed by atoms with van der Waals surface area (Å²) in [6, 6.07) is 30.1. The Morgan fingerprint density at radius 3 is 2.13 bits per heavy atom. The van der Waals surface area contributed by atoms with Crippen molar-refractivity contribution in [2.75, 3.05) is 23.3 Å². The zero-order valence-corrected chi connectivity index (χ0v) is 28.4. The molecule has 7 nitrogen and oxygen atoms in total. The van der Waals surface area contributed by atoms with Crippen molar-refractivity contribution in [2.45, 2.75) is 64.5 Å². The summed E-state index contributed by atoms with van der Waals surface area (Å²) in [5.41, 5.74) is 4.20. The van der Waals surface area contributed by atoms with E-state index < -0.39 is 20.2 Å². The highest BCUT2D eigenvalue weighted by Gasteiger charge is 2.39. The molecule has 0 bridgehead atoms. The highest BCUT2D eigenvalue weighted by atomic mass is 28.4. The molecule has 1 heterocycles. The Labute approximate surface area is 273 Å². The maximum absolute atomic E-state index is 14.0. The van der Waals surface area contributed by atoms with Gasteiger partial charge in [0, 0.05) is 24.9 Å². The summed E-state index contributed by atoms with van der Waals surface area (Å²) < 4.78 is 12.9. The maximum Gasteiger partial charge on any atom is 0.337 e. The normalized spacial score (nSPS) is 14.2. The van der Waals surface area contributed by atoms with E-state index in [9.17, 15) is 14.7 Å². The largest absolute Gasteiger partial charge is 0.488 e. The van der Waals surface area contributed by atoms with Crippen LogP contribution in [-0.4, -0.2) is 44.5 Å². The number of aromatic carboxylic acids is 1. The second kappa shape index (κ2) is 13.9. The first kappa shape index (κ1) is 33.0. The maximum atomic E-state index is 14.0. The number of nitrogens with zero attached hydrogens (tertiary/aromatic N) is 1. The lowest BCUT2D eigenvalue weighted by molar-refractivity contribution is 0.0698. The van der Waals surface area contributed by atoms with Gasteiger partial charge in [0.1, 0.15) is 12.4 Å². The van der Waals surface area contributed by atoms with Gasteiger partial charge in [0.05, 0.1) is 16.8 Å². The number of benzene rings is 4. The fourth-order valence-electron chi connectivity index (χ4n) is 5.41. The number of nitrogens with one attached hydrogen (secondary N) is 1. The van der Waals surface area contributed by atoms with Crippen LogP contribution < -0.4 is 15.0 Å². The molecule has 1 fully saturated rings. The smallest absolute Gasteiger partial charge is 0.337 e. The summed E-state index contributed by atoms with van der Waals surface area (Å²) in [6.45, 7) is 13.3. The van der Waals surface area contributed by atoms with Gasteiger partial charge in [-0.25, -0.2) is 4.79 Å². The van der Waals surface area contributed by atoms with E-state index in [0.717, 1.165) is 48.3 Å². The van der Waals surface area contributed by atoms with Crippen LogP contribution in [0.15, 0.2) is 97.1 Å². The van der Waals surface area contributed by atoms with Crippen LogP contribution in [0.2, 0.25) is 18.1 Å². The minimum Gasteiger partial charge on any atom is -0.488 e. The van der Waals surface area contributed by atoms with Gasteiger partial charge < -0.3 is 24.5 Å². The second-order valence-corrected chi connectivity index (χ2v) is 18.2. The van der Waals surface area contributed by atoms with Crippen LogP contribution in [0.1, 0.15) is 59.9 Å². The molecule has 8 heteroatoms. The van der Waals surface area contributed by atoms with Gasteiger partial charge in [-0.05, 0) is 78.0 Å². The van der Waals surface area contributed by atoms with Crippen LogP contribution in [0.5, 0.6) is 5.75 Å². The van der Waals surface area contributed by atoms with Crippen LogP contribution in [0.4, 0.5) is 11.4 Å². The number of carbonyl (C=O) groups excluding carboxylic acids is 1. The second-order valence-electron chi connectivity index (χ2n) is 13.4. The Morgan fingerprint density at radius 2 is 1.50 bits per heavy atom. The topological polar surface area (TPSA) is 88.1 Å². The Kier molecular flexibility index (Phi) is 9.99. The van der Waals surface area contributed by atoms with E-state index in [1.807, 2.05) is 78.9 Å². The van der Waals surface area contributed by atoms with Crippen LogP contribution in [0, 0.1) is 0 Å². The highest BCUT2D eigenvalue weighted by Crippen LogP contribution is 2.39. The number of anilines is 2. The summed E-state index contributed by atoms with van der Waals surface area (Å²) in [5.74, 6) is -1.13. The average molecular weight is 637 g/mol. The van der Waals surface area contributed by atoms with Crippen LogP contribution >= 0.6 is 0 Å². The molecule has 2 N–H and O–H groups in total. The molecule has 1 aliphatic heterocycles. The predicted octanol–water partition coefficient (Wildman–Crippen LogP) is 8.87. The summed E-state index contributed by atoms with van der Waals surface area (Å²) in [5, 5.41) is 13.0. The van der Waals surface area contributed by atoms with E-state index in [1.165, 1.54) is 6.07 Å². The van der Waals surface area contributed by atoms with Gasteiger partial charge in [0.15, 0.2) is 8.32 Å². The highest BCUT2D eigenvalue weighted by molar-refractivity contribution is 6.74. The summed E-state index contributed by atoms with van der Waals surface area (Å²) in [7, 11) is -1.87. The van der Waals surface area contributed by atoms with Crippen molar-refractivity contribution in [1.29, 1.82) is 0 Å². The van der Waals surface area contributed by atoms with Crippen molar-refractivity contribution in [3.05, 3.63) is 114 Å². The molecule has 46 heavy (non-hydrogen) atoms. The van der Waals surface area contributed by atoms with Gasteiger partial charge >= 0.3 is 5.97 Å². The van der Waals surface area contributed by atoms with Crippen LogP contribution in [0.25, 0.3) is 11.1 Å². The molecule has 1 saturated heterocycles. The van der Waals surface area contributed by atoms with E-state index in [1.54, 1.807) is 12.1 Å². The number of rotatable bonds is 10. The van der Waals surface area contributed by atoms with Gasteiger partial charge in [0.2, 0.25) is 0 Å². The SMILES string of the molecule is CC(C)(C)[Si](C)(C)OC1CCN(c2ccc(OCc3ccccc3)c(C(=O)Nc3cc(-c4ccccc4)ccc3C(=O)O)c2)CC1. The monoisotopic (exact) mass is 636 g/mol. The molecule has 0 atom stereocenters. The zero-order valence-electron chi connectivity index (χ0n) is 27.4. The number of amides is 1.